The quantitative estimate of drug-likeness (QED) is 0.546. The molecule has 126 valence electrons. The Morgan fingerprint density at radius 2 is 1.96 bits per heavy atom. The number of allylic oxidation sites excluding steroid dienone is 1. The maximum absolute atomic E-state index is 12.0. The number of hydrogen-bond donors (Lipinski definition) is 1. The van der Waals surface area contributed by atoms with Gasteiger partial charge in [-0.1, -0.05) is 38.8 Å². The zero-order valence-corrected chi connectivity index (χ0v) is 14.7. The monoisotopic (exact) mass is 316 g/mol. The van der Waals surface area contributed by atoms with Crippen molar-refractivity contribution in [2.45, 2.75) is 65.9 Å². The van der Waals surface area contributed by atoms with Gasteiger partial charge in [-0.15, -0.1) is 0 Å². The molecule has 0 unspecified atom stereocenters. The van der Waals surface area contributed by atoms with E-state index in [0.29, 0.717) is 18.9 Å². The summed E-state index contributed by atoms with van der Waals surface area (Å²) < 4.78 is 5.31. The van der Waals surface area contributed by atoms with Crippen LogP contribution in [0.25, 0.3) is 0 Å². The summed E-state index contributed by atoms with van der Waals surface area (Å²) in [5.41, 5.74) is 3.19. The summed E-state index contributed by atoms with van der Waals surface area (Å²) in [6.45, 7) is 9.63. The molecule has 0 bridgehead atoms. The number of rotatable bonds is 0. The number of carbonyl (C=O) groups is 1. The van der Waals surface area contributed by atoms with Crippen molar-refractivity contribution in [2.75, 3.05) is 6.61 Å². The minimum absolute atomic E-state index is 0.125. The molecule has 2 fully saturated rings. The Hall–Kier alpha value is -1.09. The van der Waals surface area contributed by atoms with E-state index in [9.17, 15) is 9.90 Å². The van der Waals surface area contributed by atoms with E-state index in [1.165, 1.54) is 24.8 Å². The molecule has 4 rings (SSSR count). The number of carbonyl (C=O) groups excluding carboxylic acids is 1. The highest BCUT2D eigenvalue weighted by Crippen LogP contribution is 2.67. The maximum atomic E-state index is 12.0. The molecule has 2 saturated carbocycles. The molecule has 0 amide bonds. The minimum atomic E-state index is -0.427. The van der Waals surface area contributed by atoms with E-state index in [0.717, 1.165) is 17.6 Å². The molecular formula is C20H28O3. The van der Waals surface area contributed by atoms with Gasteiger partial charge in [0.25, 0.3) is 0 Å². The van der Waals surface area contributed by atoms with Gasteiger partial charge in [0, 0.05) is 11.0 Å². The molecule has 1 heterocycles. The van der Waals surface area contributed by atoms with Crippen molar-refractivity contribution < 1.29 is 14.6 Å². The lowest BCUT2D eigenvalue weighted by Gasteiger charge is -2.62. The van der Waals surface area contributed by atoms with Crippen LogP contribution in [0.2, 0.25) is 0 Å². The molecule has 0 aromatic rings. The summed E-state index contributed by atoms with van der Waals surface area (Å²) >= 11 is 0. The zero-order chi connectivity index (χ0) is 16.6. The molecule has 4 atom stereocenters. The molecule has 4 aliphatic rings. The van der Waals surface area contributed by atoms with Crippen LogP contribution < -0.4 is 0 Å². The standard InChI is InChI=1S/C20H28O3/c1-18(2)8-5-9-19(3)14-7-6-12-13(11-23-17(12)22)20(14,4)16(21)10-15(18)19/h7,15-16,21H,5-6,8-11H2,1-4H3/t15-,16-,19+,20-/m0/s1. The number of fused-ring (bicyclic) bond motifs is 4. The zero-order valence-electron chi connectivity index (χ0n) is 14.7. The van der Waals surface area contributed by atoms with Crippen molar-refractivity contribution in [1.29, 1.82) is 0 Å². The summed E-state index contributed by atoms with van der Waals surface area (Å²) in [4.78, 5) is 12.0. The topological polar surface area (TPSA) is 46.5 Å². The second kappa shape index (κ2) is 4.50. The van der Waals surface area contributed by atoms with E-state index < -0.39 is 11.5 Å². The lowest BCUT2D eigenvalue weighted by atomic mass is 9.43. The number of esters is 1. The Kier molecular flexibility index (Phi) is 3.02. The number of hydrogen-bond acceptors (Lipinski definition) is 3. The lowest BCUT2D eigenvalue weighted by molar-refractivity contribution is -0.136. The van der Waals surface area contributed by atoms with Crippen molar-refractivity contribution in [3.63, 3.8) is 0 Å². The van der Waals surface area contributed by atoms with Crippen LogP contribution >= 0.6 is 0 Å². The molecule has 0 spiro atoms. The minimum Gasteiger partial charge on any atom is -0.458 e. The molecule has 3 heteroatoms. The van der Waals surface area contributed by atoms with E-state index in [1.54, 1.807) is 0 Å². The van der Waals surface area contributed by atoms with Gasteiger partial charge in [0.05, 0.1) is 6.10 Å². The third-order valence-corrected chi connectivity index (χ3v) is 7.63. The second-order valence-corrected chi connectivity index (χ2v) is 9.12. The van der Waals surface area contributed by atoms with Gasteiger partial charge in [-0.05, 0) is 54.9 Å². The van der Waals surface area contributed by atoms with E-state index in [2.05, 4.69) is 33.8 Å². The Bertz CT molecular complexity index is 641. The van der Waals surface area contributed by atoms with Gasteiger partial charge in [-0.2, -0.15) is 0 Å². The molecule has 3 nitrogen and oxygen atoms in total. The van der Waals surface area contributed by atoms with Crippen LogP contribution in [0.3, 0.4) is 0 Å². The van der Waals surface area contributed by atoms with Gasteiger partial charge in [-0.25, -0.2) is 4.79 Å². The van der Waals surface area contributed by atoms with Gasteiger partial charge in [0.1, 0.15) is 6.61 Å². The Labute approximate surface area is 138 Å². The van der Waals surface area contributed by atoms with E-state index in [1.807, 2.05) is 0 Å². The predicted octanol–water partition coefficient (Wildman–Crippen LogP) is 3.77. The normalized spacial score (nSPS) is 44.9. The van der Waals surface area contributed by atoms with Crippen molar-refractivity contribution >= 4 is 5.97 Å². The molecule has 1 N–H and O–H groups in total. The first-order chi connectivity index (χ1) is 10.7. The van der Waals surface area contributed by atoms with Crippen LogP contribution in [0.5, 0.6) is 0 Å². The van der Waals surface area contributed by atoms with Crippen LogP contribution in [0.4, 0.5) is 0 Å². The predicted molar refractivity (Wildman–Crippen MR) is 88.6 cm³/mol. The van der Waals surface area contributed by atoms with E-state index >= 15 is 0 Å². The van der Waals surface area contributed by atoms with E-state index in [4.69, 9.17) is 4.74 Å². The number of aliphatic hydroxyl groups excluding tert-OH is 1. The molecule has 0 aromatic heterocycles. The number of ether oxygens (including phenoxy) is 1. The summed E-state index contributed by atoms with van der Waals surface area (Å²) in [6, 6.07) is 0. The third-order valence-electron chi connectivity index (χ3n) is 7.63. The Morgan fingerprint density at radius 3 is 2.70 bits per heavy atom. The van der Waals surface area contributed by atoms with Crippen LogP contribution in [0.1, 0.15) is 59.8 Å². The fraction of sp³-hybridized carbons (Fsp3) is 0.750. The van der Waals surface area contributed by atoms with Crippen molar-refractivity contribution in [1.82, 2.24) is 0 Å². The van der Waals surface area contributed by atoms with Crippen LogP contribution in [-0.4, -0.2) is 23.8 Å². The molecule has 23 heavy (non-hydrogen) atoms. The second-order valence-electron chi connectivity index (χ2n) is 9.12. The average Bonchev–Trinajstić information content (AvgIpc) is 2.84. The highest BCUT2D eigenvalue weighted by atomic mass is 16.5. The van der Waals surface area contributed by atoms with Crippen molar-refractivity contribution in [3.05, 3.63) is 22.8 Å². The maximum Gasteiger partial charge on any atom is 0.334 e. The summed E-state index contributed by atoms with van der Waals surface area (Å²) in [5, 5.41) is 11.1. The van der Waals surface area contributed by atoms with Gasteiger partial charge in [0.2, 0.25) is 0 Å². The molecule has 0 aromatic carbocycles. The largest absolute Gasteiger partial charge is 0.458 e. The summed E-state index contributed by atoms with van der Waals surface area (Å²) in [6.07, 6.45) is 6.99. The molecular weight excluding hydrogens is 288 g/mol. The summed E-state index contributed by atoms with van der Waals surface area (Å²) in [5.74, 6) is 0.318. The number of aliphatic hydroxyl groups is 1. The average molecular weight is 316 g/mol. The third kappa shape index (κ3) is 1.77. The SMILES string of the molecule is CC1(C)CCC[C@]2(C)C3=CCC4=C(COC4=O)[C@]3(C)[C@@H](O)C[C@@H]12. The van der Waals surface area contributed by atoms with Crippen LogP contribution in [0.15, 0.2) is 22.8 Å². The fourth-order valence-electron chi connectivity index (χ4n) is 6.37. The molecule has 1 aliphatic heterocycles. The Morgan fingerprint density at radius 1 is 1.22 bits per heavy atom. The number of cyclic esters (lactones) is 1. The first-order valence-electron chi connectivity index (χ1n) is 9.00. The van der Waals surface area contributed by atoms with Gasteiger partial charge in [0.15, 0.2) is 0 Å². The Balaban J connectivity index is 1.86. The lowest BCUT2D eigenvalue weighted by Crippen LogP contribution is -2.57. The molecule has 3 aliphatic carbocycles. The van der Waals surface area contributed by atoms with Crippen molar-refractivity contribution in [3.8, 4) is 0 Å². The first-order valence-corrected chi connectivity index (χ1v) is 9.00. The highest BCUT2D eigenvalue weighted by molar-refractivity contribution is 5.93. The molecule has 0 radical (unpaired) electrons. The first kappa shape index (κ1) is 15.4. The smallest absolute Gasteiger partial charge is 0.334 e. The van der Waals surface area contributed by atoms with Crippen LogP contribution in [0, 0.1) is 22.2 Å². The van der Waals surface area contributed by atoms with Gasteiger partial charge < -0.3 is 9.84 Å². The highest BCUT2D eigenvalue weighted by Gasteiger charge is 2.61. The summed E-state index contributed by atoms with van der Waals surface area (Å²) in [7, 11) is 0. The van der Waals surface area contributed by atoms with Crippen LogP contribution in [-0.2, 0) is 9.53 Å². The molecule has 0 saturated heterocycles. The van der Waals surface area contributed by atoms with E-state index in [-0.39, 0.29) is 16.8 Å². The van der Waals surface area contributed by atoms with Gasteiger partial charge >= 0.3 is 5.97 Å². The van der Waals surface area contributed by atoms with Crippen molar-refractivity contribution in [2.24, 2.45) is 22.2 Å². The van der Waals surface area contributed by atoms with Gasteiger partial charge in [-0.3, -0.25) is 0 Å². The fourth-order valence-corrected chi connectivity index (χ4v) is 6.37.